The zero-order valence-corrected chi connectivity index (χ0v) is 17.5. The molecule has 140 valence electrons. The number of rotatable bonds is 6. The molecule has 0 unspecified atom stereocenters. The van der Waals surface area contributed by atoms with Crippen LogP contribution < -0.4 is 4.74 Å². The molecule has 0 fully saturated rings. The maximum absolute atomic E-state index is 6.31. The van der Waals surface area contributed by atoms with Gasteiger partial charge in [0.15, 0.2) is 4.90 Å². The van der Waals surface area contributed by atoms with Crippen molar-refractivity contribution in [3.63, 3.8) is 0 Å². The summed E-state index contributed by atoms with van der Waals surface area (Å²) in [7, 11) is -0.320. The highest BCUT2D eigenvalue weighted by molar-refractivity contribution is 6.73. The van der Waals surface area contributed by atoms with E-state index in [0.717, 1.165) is 12.2 Å². The van der Waals surface area contributed by atoms with Crippen molar-refractivity contribution in [2.75, 3.05) is 13.7 Å². The molecule has 0 amide bonds. The molecule has 1 aromatic rings. The lowest BCUT2D eigenvalue weighted by molar-refractivity contribution is -0.959. The van der Waals surface area contributed by atoms with Crippen molar-refractivity contribution >= 4 is 14.5 Å². The van der Waals surface area contributed by atoms with Gasteiger partial charge >= 0.3 is 8.32 Å². The monoisotopic (exact) mass is 366 g/mol. The summed E-state index contributed by atoms with van der Waals surface area (Å²) in [5.41, 5.74) is 1.19. The van der Waals surface area contributed by atoms with Crippen molar-refractivity contribution in [2.24, 2.45) is 0 Å². The second-order valence-corrected chi connectivity index (χ2v) is 12.6. The van der Waals surface area contributed by atoms with Gasteiger partial charge in [-0.05, 0) is 42.8 Å². The quantitative estimate of drug-likeness (QED) is 0.695. The van der Waals surface area contributed by atoms with Gasteiger partial charge in [0.05, 0.1) is 13.0 Å². The van der Waals surface area contributed by atoms with Crippen LogP contribution in [0.5, 0.6) is 5.75 Å². The maximum Gasteiger partial charge on any atom is 0.351 e. The predicted octanol–water partition coefficient (Wildman–Crippen LogP) is 4.50. The lowest BCUT2D eigenvalue weighted by atomic mass is 9.96. The molecule has 0 aromatic heterocycles. The van der Waals surface area contributed by atoms with Crippen molar-refractivity contribution in [3.05, 3.63) is 29.8 Å². The Balaban J connectivity index is 2.25. The smallest absolute Gasteiger partial charge is 0.351 e. The van der Waals surface area contributed by atoms with Crippen LogP contribution in [0.2, 0.25) is 18.1 Å². The van der Waals surface area contributed by atoms with Crippen molar-refractivity contribution in [1.82, 2.24) is 0 Å². The Morgan fingerprint density at radius 2 is 1.84 bits per heavy atom. The Bertz CT molecular complexity index is 592. The van der Waals surface area contributed by atoms with Gasteiger partial charge in [-0.3, -0.25) is 0 Å². The van der Waals surface area contributed by atoms with Gasteiger partial charge in [0.1, 0.15) is 5.75 Å². The van der Waals surface area contributed by atoms with E-state index in [2.05, 4.69) is 46.0 Å². The third-order valence-electron chi connectivity index (χ3n) is 4.99. The molecule has 1 aromatic carbocycles. The normalized spacial score (nSPS) is 21.3. The molecule has 0 spiro atoms. The Morgan fingerprint density at radius 1 is 1.20 bits per heavy atom. The van der Waals surface area contributed by atoms with E-state index >= 15 is 0 Å². The fourth-order valence-corrected chi connectivity index (χ4v) is 3.21. The lowest BCUT2D eigenvalue weighted by Crippen LogP contribution is -2.46. The van der Waals surface area contributed by atoms with E-state index in [9.17, 15) is 0 Å². The molecule has 0 N–H and O–H groups in total. The first-order chi connectivity index (χ1) is 11.7. The van der Waals surface area contributed by atoms with Crippen LogP contribution in [0.1, 0.15) is 45.6 Å². The average Bonchev–Trinajstić information content (AvgIpc) is 2.53. The van der Waals surface area contributed by atoms with E-state index in [-0.39, 0.29) is 17.2 Å². The maximum atomic E-state index is 6.31. The predicted molar refractivity (Wildman–Crippen MR) is 101 cm³/mol. The van der Waals surface area contributed by atoms with Crippen molar-refractivity contribution in [1.29, 1.82) is 0 Å². The molecule has 0 saturated carbocycles. The first kappa shape index (κ1) is 19.8. The summed E-state index contributed by atoms with van der Waals surface area (Å²) in [5.74, 6) is 1.02. The average molecular weight is 367 g/mol. The molecule has 5 nitrogen and oxygen atoms in total. The van der Waals surface area contributed by atoms with Gasteiger partial charge in [-0.1, -0.05) is 32.9 Å². The Morgan fingerprint density at radius 3 is 2.36 bits per heavy atom. The van der Waals surface area contributed by atoms with Crippen LogP contribution in [0, 0.1) is 0 Å². The molecule has 1 heterocycles. The highest BCUT2D eigenvalue weighted by Gasteiger charge is 2.47. The zero-order chi connectivity index (χ0) is 18.7. The minimum atomic E-state index is -2.00. The Labute approximate surface area is 152 Å². The van der Waals surface area contributed by atoms with E-state index < -0.39 is 8.32 Å². The number of benzene rings is 1. The number of methoxy groups -OCH3 is 1. The largest absolute Gasteiger partial charge is 0.497 e. The van der Waals surface area contributed by atoms with Crippen LogP contribution in [-0.4, -0.2) is 39.4 Å². The van der Waals surface area contributed by atoms with E-state index in [1.165, 1.54) is 5.56 Å². The fourth-order valence-electron chi connectivity index (χ4n) is 2.38. The minimum Gasteiger partial charge on any atom is -0.497 e. The summed E-state index contributed by atoms with van der Waals surface area (Å²) in [6.07, 6.45) is 2.46. The number of nitrogens with zero attached hydrogens (tertiary/aromatic N) is 1. The highest BCUT2D eigenvalue weighted by atomic mass is 28.4. The summed E-state index contributed by atoms with van der Waals surface area (Å²) in [4.78, 5) is 7.45. The SMILES string of the molecule is CCO[C@H]1C[C@@H](c2ccc(OC)cc2)C=[N+](O[Si](C)(C)C(C)(C)C)O1. The third-order valence-corrected chi connectivity index (χ3v) is 9.24. The van der Waals surface area contributed by atoms with E-state index in [1.54, 1.807) is 12.0 Å². The lowest BCUT2D eigenvalue weighted by Gasteiger charge is -2.32. The Kier molecular flexibility index (Phi) is 6.16. The summed E-state index contributed by atoms with van der Waals surface area (Å²) in [5, 5.41) is 0.0956. The van der Waals surface area contributed by atoms with Gasteiger partial charge < -0.3 is 14.0 Å². The molecule has 0 bridgehead atoms. The van der Waals surface area contributed by atoms with Gasteiger partial charge in [-0.15, -0.1) is 0 Å². The topological polar surface area (TPSA) is 39.9 Å². The molecule has 6 heteroatoms. The van der Waals surface area contributed by atoms with Gasteiger partial charge in [0.25, 0.3) is 12.5 Å². The highest BCUT2D eigenvalue weighted by Crippen LogP contribution is 2.37. The van der Waals surface area contributed by atoms with Gasteiger partial charge in [0, 0.05) is 13.0 Å². The molecular formula is C19H32NO4Si+. The number of hydrogen-bond acceptors (Lipinski definition) is 4. The van der Waals surface area contributed by atoms with Crippen LogP contribution in [0.25, 0.3) is 0 Å². The standard InChI is InChI=1S/C19H32NO4Si/c1-8-22-18-13-16(15-9-11-17(21-5)12-10-15)14-20(23-18)24-25(6,7)19(2,3)4/h9-12,14,16,18H,8,13H2,1-7H3/q+1/t16-,18-/m1/s1. The summed E-state index contributed by atoms with van der Waals surface area (Å²) >= 11 is 0. The first-order valence-electron chi connectivity index (χ1n) is 8.92. The minimum absolute atomic E-state index is 0.0956. The summed E-state index contributed by atoms with van der Waals surface area (Å²) < 4.78 is 17.3. The van der Waals surface area contributed by atoms with Crippen LogP contribution >= 0.6 is 0 Å². The van der Waals surface area contributed by atoms with Gasteiger partial charge in [0.2, 0.25) is 0 Å². The van der Waals surface area contributed by atoms with Gasteiger partial charge in [-0.2, -0.15) is 4.84 Å². The van der Waals surface area contributed by atoms with Crippen LogP contribution in [0.4, 0.5) is 0 Å². The zero-order valence-electron chi connectivity index (χ0n) is 16.5. The Hall–Kier alpha value is -1.53. The van der Waals surface area contributed by atoms with Crippen molar-refractivity contribution in [3.8, 4) is 5.75 Å². The first-order valence-corrected chi connectivity index (χ1v) is 11.8. The van der Waals surface area contributed by atoms with Crippen molar-refractivity contribution in [2.45, 2.75) is 64.5 Å². The number of ether oxygens (including phenoxy) is 2. The molecule has 1 aliphatic rings. The van der Waals surface area contributed by atoms with E-state index in [0.29, 0.717) is 6.61 Å². The molecule has 25 heavy (non-hydrogen) atoms. The van der Waals surface area contributed by atoms with E-state index in [4.69, 9.17) is 18.8 Å². The second-order valence-electron chi connectivity index (χ2n) is 7.89. The van der Waals surface area contributed by atoms with E-state index in [1.807, 2.05) is 25.3 Å². The molecule has 2 atom stereocenters. The molecule has 0 aliphatic carbocycles. The van der Waals surface area contributed by atoms with Crippen LogP contribution in [0.3, 0.4) is 0 Å². The second kappa shape index (κ2) is 7.79. The van der Waals surface area contributed by atoms with Gasteiger partial charge in [-0.25, -0.2) is 0 Å². The molecule has 0 saturated heterocycles. The summed E-state index contributed by atoms with van der Waals surface area (Å²) in [6, 6.07) is 8.12. The number of hydrogen-bond donors (Lipinski definition) is 0. The van der Waals surface area contributed by atoms with Crippen LogP contribution in [-0.2, 0) is 14.1 Å². The third kappa shape index (κ3) is 4.98. The molecular weight excluding hydrogens is 334 g/mol. The molecule has 1 aliphatic heterocycles. The molecule has 0 radical (unpaired) electrons. The fraction of sp³-hybridized carbons (Fsp3) is 0.632. The summed E-state index contributed by atoms with van der Waals surface area (Å²) in [6.45, 7) is 13.6. The molecule has 2 rings (SSSR count). The van der Waals surface area contributed by atoms with Crippen molar-refractivity contribution < 1.29 is 23.7 Å². The van der Waals surface area contributed by atoms with Crippen LogP contribution in [0.15, 0.2) is 24.3 Å².